The van der Waals surface area contributed by atoms with E-state index in [2.05, 4.69) is 17.3 Å². The van der Waals surface area contributed by atoms with Gasteiger partial charge in [-0.25, -0.2) is 0 Å². The van der Waals surface area contributed by atoms with E-state index in [-0.39, 0.29) is 11.9 Å². The molecule has 2 rings (SSSR count). The Morgan fingerprint density at radius 1 is 1.43 bits per heavy atom. The molecule has 1 aliphatic rings. The highest BCUT2D eigenvalue weighted by Crippen LogP contribution is 2.20. The van der Waals surface area contributed by atoms with Crippen LogP contribution in [0.15, 0.2) is 29.2 Å². The van der Waals surface area contributed by atoms with Crippen molar-refractivity contribution >= 4 is 17.7 Å². The van der Waals surface area contributed by atoms with Gasteiger partial charge >= 0.3 is 0 Å². The lowest BCUT2D eigenvalue weighted by Crippen LogP contribution is -2.49. The summed E-state index contributed by atoms with van der Waals surface area (Å²) >= 11 is 1.69. The Labute approximate surface area is 131 Å². The fraction of sp³-hybridized carbons (Fsp3) is 0.562. The molecule has 116 valence electrons. The second-order valence-electron chi connectivity index (χ2n) is 5.55. The van der Waals surface area contributed by atoms with Crippen LogP contribution in [0, 0.1) is 0 Å². The largest absolute Gasteiger partial charge is 0.481 e. The molecule has 5 heteroatoms. The lowest BCUT2D eigenvalue weighted by atomic mass is 10.1. The molecule has 21 heavy (non-hydrogen) atoms. The predicted octanol–water partition coefficient (Wildman–Crippen LogP) is 2.39. The minimum Gasteiger partial charge on any atom is -0.481 e. The molecule has 0 bridgehead atoms. The van der Waals surface area contributed by atoms with Crippen molar-refractivity contribution < 1.29 is 9.53 Å². The summed E-state index contributed by atoms with van der Waals surface area (Å²) in [5, 5.41) is 3.08. The number of rotatable bonds is 5. The Morgan fingerprint density at radius 3 is 2.76 bits per heavy atom. The minimum absolute atomic E-state index is 0.0377. The van der Waals surface area contributed by atoms with Gasteiger partial charge in [0, 0.05) is 17.5 Å². The van der Waals surface area contributed by atoms with Crippen LogP contribution < -0.4 is 10.1 Å². The van der Waals surface area contributed by atoms with E-state index in [0.717, 1.165) is 31.7 Å². The zero-order valence-corrected chi connectivity index (χ0v) is 13.8. The second-order valence-corrected chi connectivity index (χ2v) is 6.43. The van der Waals surface area contributed by atoms with Crippen molar-refractivity contribution in [1.82, 2.24) is 10.2 Å². The first-order valence-electron chi connectivity index (χ1n) is 7.38. The molecule has 1 aliphatic heterocycles. The molecule has 0 unspecified atom stereocenters. The maximum absolute atomic E-state index is 12.2. The molecule has 1 N–H and O–H groups in total. The Bertz CT molecular complexity index is 464. The average molecular weight is 308 g/mol. The van der Waals surface area contributed by atoms with E-state index in [1.807, 2.05) is 30.5 Å². The molecule has 4 nitrogen and oxygen atoms in total. The van der Waals surface area contributed by atoms with E-state index in [1.165, 1.54) is 4.90 Å². The number of hydrogen-bond donors (Lipinski definition) is 1. The molecule has 1 fully saturated rings. The first kappa shape index (κ1) is 16.2. The number of ether oxygens (including phenoxy) is 1. The van der Waals surface area contributed by atoms with Crippen LogP contribution >= 0.6 is 11.8 Å². The first-order chi connectivity index (χ1) is 10.1. The van der Waals surface area contributed by atoms with Gasteiger partial charge in [0.2, 0.25) is 0 Å². The lowest BCUT2D eigenvalue weighted by Gasteiger charge is -2.30. The molecule has 1 aromatic carbocycles. The normalized spacial score (nSPS) is 20.8. The number of nitrogens with zero attached hydrogens (tertiary/aromatic N) is 1. The van der Waals surface area contributed by atoms with Crippen LogP contribution in [0.3, 0.4) is 0 Å². The molecule has 1 amide bonds. The molecular formula is C16H24N2O2S. The van der Waals surface area contributed by atoms with Crippen LogP contribution in [-0.4, -0.2) is 49.3 Å². The molecule has 0 aliphatic carbocycles. The van der Waals surface area contributed by atoms with Gasteiger partial charge < -0.3 is 15.0 Å². The lowest BCUT2D eigenvalue weighted by molar-refractivity contribution is -0.128. The number of nitrogens with one attached hydrogen (secondary N) is 1. The summed E-state index contributed by atoms with van der Waals surface area (Å²) in [6.07, 6.45) is 3.74. The number of piperidine rings is 1. The average Bonchev–Trinajstić information content (AvgIpc) is 2.48. The van der Waals surface area contributed by atoms with Crippen molar-refractivity contribution in [3.05, 3.63) is 24.3 Å². The van der Waals surface area contributed by atoms with Gasteiger partial charge in [-0.05, 0) is 63.9 Å². The summed E-state index contributed by atoms with van der Waals surface area (Å²) in [7, 11) is 2.09. The zero-order valence-electron chi connectivity index (χ0n) is 13.0. The molecule has 0 radical (unpaired) electrons. The maximum atomic E-state index is 12.2. The number of likely N-dealkylation sites (tertiary alicyclic amines) is 1. The van der Waals surface area contributed by atoms with Crippen molar-refractivity contribution in [2.45, 2.75) is 36.8 Å². The molecule has 1 heterocycles. The molecule has 0 spiro atoms. The molecule has 2 atom stereocenters. The van der Waals surface area contributed by atoms with Gasteiger partial charge in [-0.2, -0.15) is 0 Å². The number of hydrogen-bond acceptors (Lipinski definition) is 4. The Balaban J connectivity index is 1.83. The van der Waals surface area contributed by atoms with Gasteiger partial charge in [0.05, 0.1) is 0 Å². The van der Waals surface area contributed by atoms with E-state index < -0.39 is 6.10 Å². The molecule has 1 saturated heterocycles. The summed E-state index contributed by atoms with van der Waals surface area (Å²) in [5.74, 6) is 0.695. The van der Waals surface area contributed by atoms with Crippen LogP contribution in [0.25, 0.3) is 0 Å². The van der Waals surface area contributed by atoms with Gasteiger partial charge in [0.15, 0.2) is 6.10 Å². The first-order valence-corrected chi connectivity index (χ1v) is 8.60. The fourth-order valence-electron chi connectivity index (χ4n) is 2.51. The third-order valence-corrected chi connectivity index (χ3v) is 4.46. The number of amides is 1. The number of carbonyl (C=O) groups excluding carboxylic acids is 1. The third kappa shape index (κ3) is 4.93. The maximum Gasteiger partial charge on any atom is 0.261 e. The van der Waals surface area contributed by atoms with Crippen molar-refractivity contribution in [3.63, 3.8) is 0 Å². The van der Waals surface area contributed by atoms with Gasteiger partial charge in [-0.1, -0.05) is 0 Å². The van der Waals surface area contributed by atoms with Crippen molar-refractivity contribution in [1.29, 1.82) is 0 Å². The van der Waals surface area contributed by atoms with Crippen LogP contribution in [0.4, 0.5) is 0 Å². The number of thioether (sulfide) groups is 1. The standard InChI is InChI=1S/C16H24N2O2S/c1-12(20-14-6-8-15(21-3)9-7-14)16(19)17-13-5-4-10-18(2)11-13/h6-9,12-13H,4-5,10-11H2,1-3H3,(H,17,19)/t12-,13-/m0/s1. The van der Waals surface area contributed by atoms with E-state index in [1.54, 1.807) is 18.7 Å². The van der Waals surface area contributed by atoms with Gasteiger partial charge in [0.1, 0.15) is 5.75 Å². The number of carbonyl (C=O) groups is 1. The number of likely N-dealkylation sites (N-methyl/N-ethyl adjacent to an activating group) is 1. The summed E-state index contributed by atoms with van der Waals surface area (Å²) in [4.78, 5) is 15.6. The highest BCUT2D eigenvalue weighted by atomic mass is 32.2. The molecule has 0 saturated carbocycles. The summed E-state index contributed by atoms with van der Waals surface area (Å²) in [6.45, 7) is 3.82. The van der Waals surface area contributed by atoms with Crippen molar-refractivity contribution in [2.75, 3.05) is 26.4 Å². The zero-order chi connectivity index (χ0) is 15.2. The van der Waals surface area contributed by atoms with Crippen molar-refractivity contribution in [3.8, 4) is 5.75 Å². The summed E-state index contributed by atoms with van der Waals surface area (Å²) in [5.41, 5.74) is 0. The number of benzene rings is 1. The van der Waals surface area contributed by atoms with E-state index in [0.29, 0.717) is 0 Å². The Morgan fingerprint density at radius 2 is 2.14 bits per heavy atom. The van der Waals surface area contributed by atoms with Crippen LogP contribution in [0.5, 0.6) is 5.75 Å². The predicted molar refractivity (Wildman–Crippen MR) is 87.0 cm³/mol. The second kappa shape index (κ2) is 7.71. The summed E-state index contributed by atoms with van der Waals surface area (Å²) in [6, 6.07) is 8.05. The van der Waals surface area contributed by atoms with Crippen molar-refractivity contribution in [2.24, 2.45) is 0 Å². The van der Waals surface area contributed by atoms with E-state index >= 15 is 0 Å². The van der Waals surface area contributed by atoms with Gasteiger partial charge in [0.25, 0.3) is 5.91 Å². The van der Waals surface area contributed by atoms with Gasteiger partial charge in [-0.15, -0.1) is 11.8 Å². The Hall–Kier alpha value is -1.20. The van der Waals surface area contributed by atoms with Crippen LogP contribution in [0.2, 0.25) is 0 Å². The SMILES string of the molecule is CSc1ccc(O[C@@H](C)C(=O)N[C@H]2CCCN(C)C2)cc1. The van der Waals surface area contributed by atoms with Gasteiger partial charge in [-0.3, -0.25) is 4.79 Å². The van der Waals surface area contributed by atoms with E-state index in [9.17, 15) is 4.79 Å². The smallest absolute Gasteiger partial charge is 0.261 e. The van der Waals surface area contributed by atoms with Crippen LogP contribution in [-0.2, 0) is 4.79 Å². The Kier molecular flexibility index (Phi) is 5.94. The quantitative estimate of drug-likeness (QED) is 0.848. The van der Waals surface area contributed by atoms with E-state index in [4.69, 9.17) is 4.74 Å². The molecule has 1 aromatic rings. The highest BCUT2D eigenvalue weighted by molar-refractivity contribution is 7.98. The summed E-state index contributed by atoms with van der Waals surface area (Å²) < 4.78 is 5.71. The monoisotopic (exact) mass is 308 g/mol. The molecule has 0 aromatic heterocycles. The van der Waals surface area contributed by atoms with Crippen LogP contribution in [0.1, 0.15) is 19.8 Å². The highest BCUT2D eigenvalue weighted by Gasteiger charge is 2.22. The minimum atomic E-state index is -0.475. The molecular weight excluding hydrogens is 284 g/mol. The fourth-order valence-corrected chi connectivity index (χ4v) is 2.92. The topological polar surface area (TPSA) is 41.6 Å². The third-order valence-electron chi connectivity index (χ3n) is 3.71.